The highest BCUT2D eigenvalue weighted by Gasteiger charge is 2.12. The van der Waals surface area contributed by atoms with Crippen molar-refractivity contribution in [3.05, 3.63) is 33.8 Å². The average Bonchev–Trinajstić information content (AvgIpc) is 2.21. The zero-order valence-corrected chi connectivity index (χ0v) is 11.9. The third-order valence-electron chi connectivity index (χ3n) is 2.14. The SMILES string of the molecule is CNCC(=O)NC(C)c1cc(Cl)ccc1Cl.Cl. The minimum atomic E-state index is -0.160. The first kappa shape index (κ1) is 16.5. The third-order valence-corrected chi connectivity index (χ3v) is 2.72. The summed E-state index contributed by atoms with van der Waals surface area (Å²) in [5, 5.41) is 6.80. The summed E-state index contributed by atoms with van der Waals surface area (Å²) in [4.78, 5) is 11.4. The third kappa shape index (κ3) is 5.13. The molecular formula is C11H15Cl3N2O. The molecular weight excluding hydrogens is 282 g/mol. The van der Waals surface area contributed by atoms with Gasteiger partial charge in [-0.2, -0.15) is 0 Å². The topological polar surface area (TPSA) is 41.1 Å². The fraction of sp³-hybridized carbons (Fsp3) is 0.364. The Balaban J connectivity index is 0.00000256. The Bertz CT molecular complexity index is 385. The van der Waals surface area contributed by atoms with Gasteiger partial charge >= 0.3 is 0 Å². The van der Waals surface area contributed by atoms with Gasteiger partial charge in [-0.3, -0.25) is 4.79 Å². The van der Waals surface area contributed by atoms with E-state index in [4.69, 9.17) is 23.2 Å². The van der Waals surface area contributed by atoms with Crippen molar-refractivity contribution < 1.29 is 4.79 Å². The van der Waals surface area contributed by atoms with Crippen LogP contribution in [0.4, 0.5) is 0 Å². The molecule has 3 nitrogen and oxygen atoms in total. The molecule has 0 saturated heterocycles. The van der Waals surface area contributed by atoms with Crippen molar-refractivity contribution in [2.45, 2.75) is 13.0 Å². The number of likely N-dealkylation sites (N-methyl/N-ethyl adjacent to an activating group) is 1. The smallest absolute Gasteiger partial charge is 0.234 e. The number of amides is 1. The molecule has 1 unspecified atom stereocenters. The van der Waals surface area contributed by atoms with Crippen LogP contribution >= 0.6 is 35.6 Å². The molecule has 0 aliphatic rings. The van der Waals surface area contributed by atoms with Crippen LogP contribution in [0.1, 0.15) is 18.5 Å². The Morgan fingerprint density at radius 2 is 2.06 bits per heavy atom. The van der Waals surface area contributed by atoms with Crippen LogP contribution in [0.5, 0.6) is 0 Å². The number of benzene rings is 1. The Morgan fingerprint density at radius 1 is 1.41 bits per heavy atom. The molecule has 1 aromatic carbocycles. The van der Waals surface area contributed by atoms with Gasteiger partial charge in [0.05, 0.1) is 12.6 Å². The van der Waals surface area contributed by atoms with Crippen molar-refractivity contribution in [2.24, 2.45) is 0 Å². The van der Waals surface area contributed by atoms with Crippen LogP contribution in [0, 0.1) is 0 Å². The van der Waals surface area contributed by atoms with Gasteiger partial charge in [-0.15, -0.1) is 12.4 Å². The Kier molecular flexibility index (Phi) is 7.55. The molecule has 1 amide bonds. The van der Waals surface area contributed by atoms with E-state index in [2.05, 4.69) is 10.6 Å². The molecule has 1 aromatic rings. The van der Waals surface area contributed by atoms with E-state index in [9.17, 15) is 4.79 Å². The Hall–Kier alpha value is -0.480. The lowest BCUT2D eigenvalue weighted by molar-refractivity contribution is -0.120. The maximum Gasteiger partial charge on any atom is 0.234 e. The van der Waals surface area contributed by atoms with Gasteiger partial charge in [-0.25, -0.2) is 0 Å². The van der Waals surface area contributed by atoms with E-state index in [1.165, 1.54) is 0 Å². The van der Waals surface area contributed by atoms with Crippen LogP contribution < -0.4 is 10.6 Å². The standard InChI is InChI=1S/C11H14Cl2N2O.ClH/c1-7(15-11(16)6-14-2)9-5-8(12)3-4-10(9)13;/h3-5,7,14H,6H2,1-2H3,(H,15,16);1H. The number of carbonyl (C=O) groups is 1. The van der Waals surface area contributed by atoms with Gasteiger partial charge in [0, 0.05) is 10.0 Å². The van der Waals surface area contributed by atoms with E-state index in [0.717, 1.165) is 5.56 Å². The van der Waals surface area contributed by atoms with E-state index >= 15 is 0 Å². The minimum absolute atomic E-state index is 0. The highest BCUT2D eigenvalue weighted by Crippen LogP contribution is 2.25. The van der Waals surface area contributed by atoms with Gasteiger partial charge in [-0.05, 0) is 37.7 Å². The fourth-order valence-electron chi connectivity index (χ4n) is 1.38. The molecule has 0 spiro atoms. The van der Waals surface area contributed by atoms with E-state index in [0.29, 0.717) is 10.0 Å². The first-order chi connectivity index (χ1) is 7.54. The van der Waals surface area contributed by atoms with Crippen molar-refractivity contribution in [1.82, 2.24) is 10.6 Å². The normalized spacial score (nSPS) is 11.5. The summed E-state index contributed by atoms with van der Waals surface area (Å²) in [7, 11) is 1.72. The van der Waals surface area contributed by atoms with Crippen LogP contribution in [-0.4, -0.2) is 19.5 Å². The van der Waals surface area contributed by atoms with Crippen molar-refractivity contribution in [3.63, 3.8) is 0 Å². The van der Waals surface area contributed by atoms with Crippen LogP contribution in [0.3, 0.4) is 0 Å². The number of hydrogen-bond acceptors (Lipinski definition) is 2. The first-order valence-electron chi connectivity index (χ1n) is 4.93. The second-order valence-electron chi connectivity index (χ2n) is 3.49. The summed E-state index contributed by atoms with van der Waals surface area (Å²) in [6.07, 6.45) is 0. The summed E-state index contributed by atoms with van der Waals surface area (Å²) < 4.78 is 0. The Morgan fingerprint density at radius 3 is 2.65 bits per heavy atom. The van der Waals surface area contributed by atoms with Crippen molar-refractivity contribution in [2.75, 3.05) is 13.6 Å². The highest BCUT2D eigenvalue weighted by molar-refractivity contribution is 6.33. The molecule has 1 rings (SSSR count). The number of hydrogen-bond donors (Lipinski definition) is 2. The molecule has 0 heterocycles. The second-order valence-corrected chi connectivity index (χ2v) is 4.33. The molecule has 0 fully saturated rings. The Labute approximate surface area is 117 Å². The van der Waals surface area contributed by atoms with E-state index < -0.39 is 0 Å². The predicted octanol–water partition coefficient (Wildman–Crippen LogP) is 2.81. The van der Waals surface area contributed by atoms with E-state index in [-0.39, 0.29) is 30.9 Å². The zero-order chi connectivity index (χ0) is 12.1. The molecule has 0 aliphatic heterocycles. The summed E-state index contributed by atoms with van der Waals surface area (Å²) in [5.74, 6) is -0.0777. The van der Waals surface area contributed by atoms with Crippen molar-refractivity contribution >= 4 is 41.5 Å². The molecule has 0 aliphatic carbocycles. The number of rotatable bonds is 4. The molecule has 0 bridgehead atoms. The maximum absolute atomic E-state index is 11.4. The molecule has 6 heteroatoms. The number of halogens is 3. The monoisotopic (exact) mass is 296 g/mol. The van der Waals surface area contributed by atoms with Gasteiger partial charge in [0.25, 0.3) is 0 Å². The fourth-order valence-corrected chi connectivity index (χ4v) is 1.84. The lowest BCUT2D eigenvalue weighted by Crippen LogP contribution is -2.34. The van der Waals surface area contributed by atoms with E-state index in [1.54, 1.807) is 25.2 Å². The molecule has 96 valence electrons. The van der Waals surface area contributed by atoms with Crippen LogP contribution in [0.15, 0.2) is 18.2 Å². The molecule has 1 atom stereocenters. The van der Waals surface area contributed by atoms with Gasteiger partial charge in [0.2, 0.25) is 5.91 Å². The van der Waals surface area contributed by atoms with Gasteiger partial charge < -0.3 is 10.6 Å². The number of carbonyl (C=O) groups excluding carboxylic acids is 1. The molecule has 0 aromatic heterocycles. The van der Waals surface area contributed by atoms with Crippen LogP contribution in [0.2, 0.25) is 10.0 Å². The number of nitrogens with one attached hydrogen (secondary N) is 2. The second kappa shape index (κ2) is 7.77. The lowest BCUT2D eigenvalue weighted by atomic mass is 10.1. The summed E-state index contributed by atoms with van der Waals surface area (Å²) >= 11 is 11.9. The van der Waals surface area contributed by atoms with Crippen molar-refractivity contribution in [1.29, 1.82) is 0 Å². The van der Waals surface area contributed by atoms with Gasteiger partial charge in [0.1, 0.15) is 0 Å². The van der Waals surface area contributed by atoms with Crippen LogP contribution in [-0.2, 0) is 4.79 Å². The zero-order valence-electron chi connectivity index (χ0n) is 9.59. The predicted molar refractivity (Wildman–Crippen MR) is 74.2 cm³/mol. The minimum Gasteiger partial charge on any atom is -0.348 e. The molecule has 2 N–H and O–H groups in total. The summed E-state index contributed by atoms with van der Waals surface area (Å²) in [5.41, 5.74) is 0.818. The average molecular weight is 298 g/mol. The maximum atomic E-state index is 11.4. The largest absolute Gasteiger partial charge is 0.348 e. The van der Waals surface area contributed by atoms with Gasteiger partial charge in [-0.1, -0.05) is 23.2 Å². The van der Waals surface area contributed by atoms with E-state index in [1.807, 2.05) is 6.92 Å². The molecule has 0 saturated carbocycles. The molecule has 17 heavy (non-hydrogen) atoms. The molecule has 0 radical (unpaired) electrons. The lowest BCUT2D eigenvalue weighted by Gasteiger charge is -2.15. The first-order valence-corrected chi connectivity index (χ1v) is 5.69. The van der Waals surface area contributed by atoms with Gasteiger partial charge in [0.15, 0.2) is 0 Å². The summed E-state index contributed by atoms with van der Waals surface area (Å²) in [6.45, 7) is 2.15. The summed E-state index contributed by atoms with van der Waals surface area (Å²) in [6, 6.07) is 5.04. The van der Waals surface area contributed by atoms with Crippen LogP contribution in [0.25, 0.3) is 0 Å². The van der Waals surface area contributed by atoms with Crippen molar-refractivity contribution in [3.8, 4) is 0 Å². The highest BCUT2D eigenvalue weighted by atomic mass is 35.5. The quantitative estimate of drug-likeness (QED) is 0.897.